The predicted octanol–water partition coefficient (Wildman–Crippen LogP) is 7.04. The molecular formula is C29H22N6S. The molecule has 6 nitrogen and oxygen atoms in total. The Morgan fingerprint density at radius 3 is 2.33 bits per heavy atom. The van der Waals surface area contributed by atoms with E-state index >= 15 is 0 Å². The van der Waals surface area contributed by atoms with Crippen LogP contribution in [-0.4, -0.2) is 21.5 Å². The van der Waals surface area contributed by atoms with E-state index in [1.807, 2.05) is 59.3 Å². The van der Waals surface area contributed by atoms with Crippen molar-refractivity contribution in [2.45, 2.75) is 13.0 Å². The van der Waals surface area contributed by atoms with Gasteiger partial charge in [-0.3, -0.25) is 0 Å². The molecule has 0 bridgehead atoms. The number of para-hydroxylation sites is 4. The summed E-state index contributed by atoms with van der Waals surface area (Å²) in [4.78, 5) is 13.8. The van der Waals surface area contributed by atoms with Crippen LogP contribution in [0.15, 0.2) is 112 Å². The number of hydrogen-bond acceptors (Lipinski definition) is 6. The second-order valence-electron chi connectivity index (χ2n) is 8.73. The van der Waals surface area contributed by atoms with Gasteiger partial charge in [-0.15, -0.1) is 11.3 Å². The molecule has 0 aliphatic carbocycles. The van der Waals surface area contributed by atoms with Gasteiger partial charge in [-0.2, -0.15) is 5.10 Å². The van der Waals surface area contributed by atoms with Crippen LogP contribution in [-0.2, 0) is 0 Å². The zero-order valence-electron chi connectivity index (χ0n) is 19.5. The summed E-state index contributed by atoms with van der Waals surface area (Å²) in [5, 5.41) is 10.6. The van der Waals surface area contributed by atoms with E-state index in [1.54, 1.807) is 11.3 Å². The summed E-state index contributed by atoms with van der Waals surface area (Å²) in [7, 11) is 0. The van der Waals surface area contributed by atoms with Crippen molar-refractivity contribution < 1.29 is 0 Å². The maximum atomic E-state index is 5.26. The first-order valence-electron chi connectivity index (χ1n) is 11.8. The van der Waals surface area contributed by atoms with Gasteiger partial charge in [0.15, 0.2) is 17.5 Å². The average molecular weight is 487 g/mol. The highest BCUT2D eigenvalue weighted by molar-refractivity contribution is 7.10. The molecule has 0 spiro atoms. The van der Waals surface area contributed by atoms with Crippen molar-refractivity contribution >= 4 is 45.9 Å². The monoisotopic (exact) mass is 486 g/mol. The van der Waals surface area contributed by atoms with Crippen LogP contribution in [0.1, 0.15) is 22.2 Å². The number of rotatable bonds is 3. The maximum absolute atomic E-state index is 5.26. The van der Waals surface area contributed by atoms with Gasteiger partial charge in [-0.05, 0) is 54.8 Å². The highest BCUT2D eigenvalue weighted by Crippen LogP contribution is 2.49. The third-order valence-electron chi connectivity index (χ3n) is 6.49. The number of thiophene rings is 1. The van der Waals surface area contributed by atoms with E-state index in [2.05, 4.69) is 65.0 Å². The Balaban J connectivity index is 1.50. The molecule has 5 aromatic rings. The zero-order chi connectivity index (χ0) is 24.1. The number of hydrogen-bond donors (Lipinski definition) is 1. The van der Waals surface area contributed by atoms with Crippen molar-refractivity contribution in [2.75, 3.05) is 10.2 Å². The van der Waals surface area contributed by atoms with Crippen molar-refractivity contribution in [3.8, 4) is 5.69 Å². The number of amidine groups is 2. The summed E-state index contributed by atoms with van der Waals surface area (Å²) >= 11 is 1.75. The average Bonchev–Trinajstić information content (AvgIpc) is 3.57. The maximum Gasteiger partial charge on any atom is 0.179 e. The molecule has 0 saturated heterocycles. The lowest BCUT2D eigenvalue weighted by molar-refractivity contribution is 0.830. The standard InChI is InChI=1S/C29H22N6S/c1-19-25-26(24-17-10-18-36-24)34-23-16-9-8-15-22(23)31-27(30-20-11-4-2-5-12-20)29(34)32-28(25)35(33-19)21-13-6-3-7-14-21/h2-18,26H,1H3,(H,30,31)/t26-/m1/s1. The lowest BCUT2D eigenvalue weighted by Crippen LogP contribution is -2.46. The van der Waals surface area contributed by atoms with Crippen molar-refractivity contribution in [3.05, 3.63) is 119 Å². The van der Waals surface area contributed by atoms with E-state index in [0.717, 1.165) is 45.7 Å². The molecular weight excluding hydrogens is 464 g/mol. The first kappa shape index (κ1) is 20.8. The summed E-state index contributed by atoms with van der Waals surface area (Å²) in [6.45, 7) is 2.08. The van der Waals surface area contributed by atoms with Gasteiger partial charge in [0.1, 0.15) is 6.04 Å². The fourth-order valence-electron chi connectivity index (χ4n) is 4.92. The SMILES string of the molecule is Cc1nn(-c2ccccc2)c2c1[C@@H](c1cccs1)N1C(=N2)C(Nc2ccccc2)=Nc2ccccc21. The molecule has 4 heterocycles. The van der Waals surface area contributed by atoms with Crippen LogP contribution >= 0.6 is 11.3 Å². The Bertz CT molecular complexity index is 1620. The second-order valence-corrected chi connectivity index (χ2v) is 9.71. The Hall–Kier alpha value is -4.49. The Morgan fingerprint density at radius 1 is 0.806 bits per heavy atom. The minimum atomic E-state index is -0.0748. The van der Waals surface area contributed by atoms with Gasteiger partial charge >= 0.3 is 0 Å². The van der Waals surface area contributed by atoms with E-state index in [9.17, 15) is 0 Å². The van der Waals surface area contributed by atoms with Crippen molar-refractivity contribution in [1.82, 2.24) is 9.78 Å². The number of aryl methyl sites for hydroxylation is 1. The highest BCUT2D eigenvalue weighted by Gasteiger charge is 2.41. The summed E-state index contributed by atoms with van der Waals surface area (Å²) in [5.74, 6) is 2.33. The molecule has 36 heavy (non-hydrogen) atoms. The zero-order valence-corrected chi connectivity index (χ0v) is 20.4. The fraction of sp³-hybridized carbons (Fsp3) is 0.0690. The number of aliphatic imine (C=N–C) groups is 2. The quantitative estimate of drug-likeness (QED) is 0.298. The number of anilines is 2. The molecule has 0 fully saturated rings. The predicted molar refractivity (Wildman–Crippen MR) is 148 cm³/mol. The number of nitrogens with one attached hydrogen (secondary N) is 1. The smallest absolute Gasteiger partial charge is 0.179 e. The van der Waals surface area contributed by atoms with E-state index < -0.39 is 0 Å². The Morgan fingerprint density at radius 2 is 1.56 bits per heavy atom. The van der Waals surface area contributed by atoms with Gasteiger partial charge in [0.2, 0.25) is 0 Å². The normalized spacial score (nSPS) is 15.9. The van der Waals surface area contributed by atoms with Gasteiger partial charge in [-0.1, -0.05) is 54.6 Å². The fourth-order valence-corrected chi connectivity index (χ4v) is 5.74. The molecule has 3 aromatic carbocycles. The van der Waals surface area contributed by atoms with Crippen molar-refractivity contribution in [2.24, 2.45) is 9.98 Å². The van der Waals surface area contributed by atoms with Crippen LogP contribution in [0.4, 0.5) is 22.9 Å². The summed E-state index contributed by atoms with van der Waals surface area (Å²) in [5.41, 5.74) is 5.96. The van der Waals surface area contributed by atoms with Gasteiger partial charge in [0, 0.05) is 16.1 Å². The van der Waals surface area contributed by atoms with Crippen LogP contribution < -0.4 is 10.2 Å². The topological polar surface area (TPSA) is 57.8 Å². The number of benzene rings is 3. The molecule has 0 saturated carbocycles. The largest absolute Gasteiger partial charge is 0.337 e. The summed E-state index contributed by atoms with van der Waals surface area (Å²) in [6, 6.07) is 32.8. The number of nitrogens with zero attached hydrogens (tertiary/aromatic N) is 5. The second kappa shape index (κ2) is 8.32. The van der Waals surface area contributed by atoms with Gasteiger partial charge in [-0.25, -0.2) is 14.7 Å². The molecule has 7 heteroatoms. The molecule has 1 atom stereocenters. The number of fused-ring (bicyclic) bond motifs is 4. The molecule has 1 N–H and O–H groups in total. The van der Waals surface area contributed by atoms with Crippen LogP contribution in [0.25, 0.3) is 5.69 Å². The van der Waals surface area contributed by atoms with Crippen LogP contribution in [0.3, 0.4) is 0 Å². The molecule has 0 amide bonds. The molecule has 2 aliphatic rings. The van der Waals surface area contributed by atoms with E-state index in [1.165, 1.54) is 4.88 Å². The number of aromatic nitrogens is 2. The molecule has 2 aromatic heterocycles. The highest BCUT2D eigenvalue weighted by atomic mass is 32.1. The van der Waals surface area contributed by atoms with E-state index in [4.69, 9.17) is 15.1 Å². The van der Waals surface area contributed by atoms with Crippen LogP contribution in [0.5, 0.6) is 0 Å². The molecule has 0 radical (unpaired) electrons. The summed E-state index contributed by atoms with van der Waals surface area (Å²) in [6.07, 6.45) is 0. The minimum Gasteiger partial charge on any atom is -0.337 e. The molecule has 0 unspecified atom stereocenters. The van der Waals surface area contributed by atoms with Crippen molar-refractivity contribution in [1.29, 1.82) is 0 Å². The minimum absolute atomic E-state index is 0.0748. The third-order valence-corrected chi connectivity index (χ3v) is 7.41. The van der Waals surface area contributed by atoms with E-state index in [0.29, 0.717) is 5.84 Å². The van der Waals surface area contributed by atoms with Gasteiger partial charge in [0.05, 0.1) is 22.8 Å². The third kappa shape index (κ3) is 3.28. The van der Waals surface area contributed by atoms with Gasteiger partial charge in [0.25, 0.3) is 0 Å². The van der Waals surface area contributed by atoms with Crippen LogP contribution in [0, 0.1) is 6.92 Å². The lowest BCUT2D eigenvalue weighted by Gasteiger charge is -2.40. The molecule has 2 aliphatic heterocycles. The summed E-state index contributed by atoms with van der Waals surface area (Å²) < 4.78 is 1.95. The van der Waals surface area contributed by atoms with Crippen molar-refractivity contribution in [3.63, 3.8) is 0 Å². The molecule has 7 rings (SSSR count). The first-order valence-corrected chi connectivity index (χ1v) is 12.7. The Labute approximate surface area is 212 Å². The first-order chi connectivity index (χ1) is 17.8. The van der Waals surface area contributed by atoms with Gasteiger partial charge < -0.3 is 10.2 Å². The lowest BCUT2D eigenvalue weighted by atomic mass is 9.98. The van der Waals surface area contributed by atoms with Crippen LogP contribution in [0.2, 0.25) is 0 Å². The van der Waals surface area contributed by atoms with E-state index in [-0.39, 0.29) is 6.04 Å². The molecule has 174 valence electrons. The Kier molecular flexibility index (Phi) is 4.82.